The molecule has 2 amide bonds. The Balaban J connectivity index is 2.46. The van der Waals surface area contributed by atoms with Gasteiger partial charge in [0, 0.05) is 0 Å². The van der Waals surface area contributed by atoms with E-state index in [0.717, 1.165) is 17.7 Å². The summed E-state index contributed by atoms with van der Waals surface area (Å²) in [7, 11) is 0. The minimum absolute atomic E-state index is 0.0321. The van der Waals surface area contributed by atoms with Crippen LogP contribution in [0.5, 0.6) is 0 Å². The Morgan fingerprint density at radius 1 is 1.24 bits per heavy atom. The summed E-state index contributed by atoms with van der Waals surface area (Å²) in [5.74, 6) is -0.888. The first-order chi connectivity index (χ1) is 9.99. The van der Waals surface area contributed by atoms with E-state index >= 15 is 0 Å². The molecule has 0 bridgehead atoms. The highest BCUT2D eigenvalue weighted by atomic mass is 16.2. The number of likely N-dealkylation sites (tertiary alicyclic amines) is 1. The molecule has 0 aliphatic carbocycles. The van der Waals surface area contributed by atoms with Crippen LogP contribution in [0.2, 0.25) is 0 Å². The van der Waals surface area contributed by atoms with Crippen LogP contribution in [0.1, 0.15) is 65.7 Å². The van der Waals surface area contributed by atoms with Crippen LogP contribution >= 0.6 is 0 Å². The zero-order chi connectivity index (χ0) is 15.8. The summed E-state index contributed by atoms with van der Waals surface area (Å²) >= 11 is 0. The Bertz CT molecular complexity index is 412. The van der Waals surface area contributed by atoms with Crippen LogP contribution in [0.15, 0.2) is 12.2 Å². The van der Waals surface area contributed by atoms with Crippen LogP contribution in [0.4, 0.5) is 0 Å². The van der Waals surface area contributed by atoms with Crippen molar-refractivity contribution in [3.63, 3.8) is 0 Å². The fraction of sp³-hybridized carbons (Fsp3) is 0.706. The van der Waals surface area contributed by atoms with Gasteiger partial charge in [-0.25, -0.2) is 0 Å². The normalized spacial score (nSPS) is 19.2. The summed E-state index contributed by atoms with van der Waals surface area (Å²) in [6, 6.07) is -0.584. The Morgan fingerprint density at radius 2 is 1.90 bits per heavy atom. The van der Waals surface area contributed by atoms with Crippen molar-refractivity contribution in [2.75, 3.05) is 0 Å². The monoisotopic (exact) mass is 293 g/mol. The summed E-state index contributed by atoms with van der Waals surface area (Å²) in [5, 5.41) is 0. The average Bonchev–Trinajstić information content (AvgIpc) is 2.72. The van der Waals surface area contributed by atoms with Crippen molar-refractivity contribution in [3.8, 4) is 0 Å². The summed E-state index contributed by atoms with van der Waals surface area (Å²) in [6.45, 7) is 5.90. The molecular weight excluding hydrogens is 266 g/mol. The highest BCUT2D eigenvalue weighted by molar-refractivity contribution is 6.16. The van der Waals surface area contributed by atoms with E-state index in [-0.39, 0.29) is 29.9 Å². The van der Waals surface area contributed by atoms with Crippen molar-refractivity contribution < 1.29 is 14.4 Å². The largest absolute Gasteiger partial charge is 0.297 e. The number of hydrogen-bond donors (Lipinski definition) is 0. The predicted molar refractivity (Wildman–Crippen MR) is 82.6 cm³/mol. The lowest BCUT2D eigenvalue weighted by molar-refractivity contribution is -0.142. The van der Waals surface area contributed by atoms with Crippen molar-refractivity contribution in [1.82, 2.24) is 4.90 Å². The molecule has 4 heteroatoms. The average molecular weight is 293 g/mol. The molecule has 0 aromatic carbocycles. The maximum Gasteiger partial charge on any atom is 0.253 e. The molecule has 1 saturated heterocycles. The van der Waals surface area contributed by atoms with Crippen molar-refractivity contribution in [2.45, 2.75) is 71.8 Å². The van der Waals surface area contributed by atoms with Gasteiger partial charge < -0.3 is 0 Å². The first-order valence-corrected chi connectivity index (χ1v) is 8.04. The van der Waals surface area contributed by atoms with Gasteiger partial charge in [-0.1, -0.05) is 52.5 Å². The van der Waals surface area contributed by atoms with Gasteiger partial charge in [-0.15, -0.1) is 0 Å². The molecule has 0 saturated carbocycles. The Hall–Kier alpha value is -1.45. The highest BCUT2D eigenvalue weighted by Gasteiger charge is 2.42. The molecule has 118 valence electrons. The molecule has 0 aromatic rings. The zero-order valence-corrected chi connectivity index (χ0v) is 13.4. The minimum Gasteiger partial charge on any atom is -0.297 e. The van der Waals surface area contributed by atoms with Crippen LogP contribution in [-0.2, 0) is 14.4 Å². The van der Waals surface area contributed by atoms with E-state index in [4.69, 9.17) is 0 Å². The first-order valence-electron chi connectivity index (χ1n) is 8.04. The third kappa shape index (κ3) is 5.10. The van der Waals surface area contributed by atoms with Crippen molar-refractivity contribution >= 4 is 17.6 Å². The number of allylic oxidation sites excluding steroid dienone is 1. The van der Waals surface area contributed by atoms with E-state index in [1.54, 1.807) is 0 Å². The second-order valence-electron chi connectivity index (χ2n) is 6.04. The van der Waals surface area contributed by atoms with Gasteiger partial charge in [-0.3, -0.25) is 19.3 Å². The molecule has 0 spiro atoms. The van der Waals surface area contributed by atoms with Crippen molar-refractivity contribution in [1.29, 1.82) is 0 Å². The summed E-state index contributed by atoms with van der Waals surface area (Å²) in [5.41, 5.74) is 0. The lowest BCUT2D eigenvalue weighted by Gasteiger charge is -2.23. The van der Waals surface area contributed by atoms with E-state index in [2.05, 4.69) is 6.92 Å². The Kier molecular flexibility index (Phi) is 7.34. The molecule has 0 radical (unpaired) electrons. The molecule has 1 atom stereocenters. The summed E-state index contributed by atoms with van der Waals surface area (Å²) in [6.07, 6.45) is 9.91. The molecule has 4 nitrogen and oxygen atoms in total. The van der Waals surface area contributed by atoms with Gasteiger partial charge in [-0.05, 0) is 24.8 Å². The van der Waals surface area contributed by atoms with Gasteiger partial charge >= 0.3 is 0 Å². The van der Waals surface area contributed by atoms with Gasteiger partial charge in [0.1, 0.15) is 6.04 Å². The minimum atomic E-state index is -0.584. The smallest absolute Gasteiger partial charge is 0.253 e. The number of carbonyl (C=O) groups excluding carboxylic acids is 3. The number of nitrogens with zero attached hydrogens (tertiary/aromatic N) is 1. The van der Waals surface area contributed by atoms with Crippen LogP contribution in [-0.4, -0.2) is 28.5 Å². The van der Waals surface area contributed by atoms with E-state index in [1.807, 2.05) is 19.9 Å². The second kappa shape index (κ2) is 8.75. The molecule has 1 fully saturated rings. The van der Waals surface area contributed by atoms with E-state index < -0.39 is 6.04 Å². The molecule has 21 heavy (non-hydrogen) atoms. The van der Waals surface area contributed by atoms with Gasteiger partial charge in [0.25, 0.3) is 5.91 Å². The fourth-order valence-electron chi connectivity index (χ4n) is 2.70. The maximum atomic E-state index is 12.1. The summed E-state index contributed by atoms with van der Waals surface area (Å²) in [4.78, 5) is 36.8. The van der Waals surface area contributed by atoms with Gasteiger partial charge in [0.15, 0.2) is 5.78 Å². The molecule has 1 unspecified atom stereocenters. The Labute approximate surface area is 127 Å². The standard InChI is InChI=1S/C17H27NO3/c1-4-5-6-7-8-9-10-11-15(20)18-16(21)12-14(19)17(18)13(2)3/h10-11,13,17H,4-9,12H2,1-3H3/b11-10+. The maximum absolute atomic E-state index is 12.1. The lowest BCUT2D eigenvalue weighted by atomic mass is 10.0. The Morgan fingerprint density at radius 3 is 2.52 bits per heavy atom. The van der Waals surface area contributed by atoms with Crippen LogP contribution in [0, 0.1) is 5.92 Å². The summed E-state index contributed by atoms with van der Waals surface area (Å²) < 4.78 is 0. The number of rotatable bonds is 8. The quantitative estimate of drug-likeness (QED) is 0.392. The van der Waals surface area contributed by atoms with Gasteiger partial charge in [0.2, 0.25) is 5.91 Å². The third-order valence-corrected chi connectivity index (χ3v) is 3.81. The topological polar surface area (TPSA) is 54.5 Å². The molecule has 0 aromatic heterocycles. The second-order valence-corrected chi connectivity index (χ2v) is 6.04. The SMILES string of the molecule is CCCCCCC/C=C/C(=O)N1C(=O)CC(=O)C1C(C)C. The van der Waals surface area contributed by atoms with Gasteiger partial charge in [-0.2, -0.15) is 0 Å². The number of hydrogen-bond acceptors (Lipinski definition) is 3. The van der Waals surface area contributed by atoms with E-state index in [1.165, 1.54) is 31.8 Å². The molecule has 1 aliphatic rings. The van der Waals surface area contributed by atoms with E-state index in [0.29, 0.717) is 0 Å². The number of ketones is 1. The fourth-order valence-corrected chi connectivity index (χ4v) is 2.70. The highest BCUT2D eigenvalue weighted by Crippen LogP contribution is 2.22. The van der Waals surface area contributed by atoms with E-state index in [9.17, 15) is 14.4 Å². The lowest BCUT2D eigenvalue weighted by Crippen LogP contribution is -2.42. The molecule has 0 N–H and O–H groups in total. The number of unbranched alkanes of at least 4 members (excludes halogenated alkanes) is 5. The zero-order valence-electron chi connectivity index (χ0n) is 13.4. The van der Waals surface area contributed by atoms with Crippen molar-refractivity contribution in [3.05, 3.63) is 12.2 Å². The number of imide groups is 1. The third-order valence-electron chi connectivity index (χ3n) is 3.81. The van der Waals surface area contributed by atoms with Crippen molar-refractivity contribution in [2.24, 2.45) is 5.92 Å². The number of carbonyl (C=O) groups is 3. The molecule has 1 aliphatic heterocycles. The molecule has 1 rings (SSSR count). The first kappa shape index (κ1) is 17.6. The number of Topliss-reactive ketones (excluding diaryl/α,β-unsaturated/α-hetero) is 1. The van der Waals surface area contributed by atoms with Crippen LogP contribution < -0.4 is 0 Å². The van der Waals surface area contributed by atoms with Crippen LogP contribution in [0.25, 0.3) is 0 Å². The van der Waals surface area contributed by atoms with Crippen LogP contribution in [0.3, 0.4) is 0 Å². The molecule has 1 heterocycles. The van der Waals surface area contributed by atoms with Gasteiger partial charge in [0.05, 0.1) is 6.42 Å². The number of amides is 2. The predicted octanol–water partition coefficient (Wildman–Crippen LogP) is 3.26. The molecular formula is C17H27NO3.